The quantitative estimate of drug-likeness (QED) is 0.732. The van der Waals surface area contributed by atoms with Crippen LogP contribution in [0, 0.1) is 12.8 Å². The summed E-state index contributed by atoms with van der Waals surface area (Å²) >= 11 is 3.28. The van der Waals surface area contributed by atoms with E-state index >= 15 is 0 Å². The summed E-state index contributed by atoms with van der Waals surface area (Å²) in [5.41, 5.74) is 1.92. The summed E-state index contributed by atoms with van der Waals surface area (Å²) < 4.78 is 32.3. The molecule has 5 nitrogen and oxygen atoms in total. The predicted octanol–water partition coefficient (Wildman–Crippen LogP) is 2.21. The van der Waals surface area contributed by atoms with Crippen molar-refractivity contribution < 1.29 is 17.9 Å². The number of ether oxygens (including phenoxy) is 1. The number of benzene rings is 1. The van der Waals surface area contributed by atoms with Crippen LogP contribution in [0.1, 0.15) is 12.0 Å². The van der Waals surface area contributed by atoms with Gasteiger partial charge in [0, 0.05) is 12.5 Å². The van der Waals surface area contributed by atoms with E-state index in [0.29, 0.717) is 0 Å². The van der Waals surface area contributed by atoms with Crippen LogP contribution in [0.4, 0.5) is 0 Å². The van der Waals surface area contributed by atoms with Gasteiger partial charge in [0.1, 0.15) is 6.61 Å². The van der Waals surface area contributed by atoms with Gasteiger partial charge in [-0.15, -0.1) is 0 Å². The van der Waals surface area contributed by atoms with Gasteiger partial charge in [0.2, 0.25) is 10.0 Å². The Bertz CT molecular complexity index is 726. The minimum absolute atomic E-state index is 0.110. The Hall–Kier alpha value is -1.18. The van der Waals surface area contributed by atoms with Gasteiger partial charge in [-0.3, -0.25) is 4.79 Å². The number of halogens is 1. The zero-order valence-electron chi connectivity index (χ0n) is 12.0. The molecule has 0 unspecified atom stereocenters. The SMILES string of the molecule is Cc1ccc(S(=O)(=O)N2C/C(=C/Br)[C@H]3CC(=O)OC[C@H]32)cc1. The fraction of sp³-hybridized carbons (Fsp3) is 0.400. The largest absolute Gasteiger partial charge is 0.464 e. The first-order valence-corrected chi connectivity index (χ1v) is 9.32. The molecule has 2 saturated heterocycles. The molecule has 2 atom stereocenters. The molecule has 3 rings (SSSR count). The number of hydrogen-bond donors (Lipinski definition) is 0. The van der Waals surface area contributed by atoms with Crippen molar-refractivity contribution in [3.8, 4) is 0 Å². The molecule has 22 heavy (non-hydrogen) atoms. The van der Waals surface area contributed by atoms with Crippen molar-refractivity contribution in [1.29, 1.82) is 0 Å². The summed E-state index contributed by atoms with van der Waals surface area (Å²) in [6.45, 7) is 2.31. The number of carbonyl (C=O) groups excluding carboxylic acids is 1. The molecule has 2 fully saturated rings. The van der Waals surface area contributed by atoms with E-state index in [1.54, 1.807) is 29.3 Å². The Balaban J connectivity index is 1.97. The molecule has 1 aromatic carbocycles. The Labute approximate surface area is 138 Å². The molecule has 0 amide bonds. The van der Waals surface area contributed by atoms with E-state index in [0.717, 1.165) is 11.1 Å². The number of aryl methyl sites for hydroxylation is 1. The average molecular weight is 386 g/mol. The molecule has 0 bridgehead atoms. The molecule has 0 aromatic heterocycles. The third kappa shape index (κ3) is 2.61. The number of cyclic esters (lactones) is 1. The molecule has 0 aliphatic carbocycles. The fourth-order valence-corrected chi connectivity index (χ4v) is 5.09. The molecular formula is C15H16BrNO4S. The highest BCUT2D eigenvalue weighted by Crippen LogP contribution is 2.39. The number of nitrogens with zero attached hydrogens (tertiary/aromatic N) is 1. The first kappa shape index (κ1) is 15.7. The van der Waals surface area contributed by atoms with Crippen LogP contribution in [0.3, 0.4) is 0 Å². The second kappa shape index (κ2) is 5.79. The summed E-state index contributed by atoms with van der Waals surface area (Å²) in [7, 11) is -3.61. The van der Waals surface area contributed by atoms with Gasteiger partial charge < -0.3 is 4.74 Å². The standard InChI is InChI=1S/C15H16BrNO4S/c1-10-2-4-12(5-3-10)22(19,20)17-8-11(7-16)13-6-15(18)21-9-14(13)17/h2-5,7,13-14H,6,8-9H2,1H3/b11-7-/t13-,14-/m1/s1. The first-order chi connectivity index (χ1) is 10.4. The Morgan fingerprint density at radius 3 is 2.64 bits per heavy atom. The fourth-order valence-electron chi connectivity index (χ4n) is 2.97. The van der Waals surface area contributed by atoms with Crippen LogP contribution in [0.25, 0.3) is 0 Å². The van der Waals surface area contributed by atoms with Gasteiger partial charge in [-0.1, -0.05) is 33.6 Å². The van der Waals surface area contributed by atoms with Crippen molar-refractivity contribution in [2.45, 2.75) is 24.3 Å². The van der Waals surface area contributed by atoms with E-state index in [4.69, 9.17) is 4.74 Å². The maximum atomic E-state index is 12.9. The predicted molar refractivity (Wildman–Crippen MR) is 84.9 cm³/mol. The van der Waals surface area contributed by atoms with Crippen LogP contribution in [0.5, 0.6) is 0 Å². The molecule has 2 aliphatic rings. The molecule has 0 saturated carbocycles. The van der Waals surface area contributed by atoms with Crippen molar-refractivity contribution >= 4 is 31.9 Å². The zero-order chi connectivity index (χ0) is 15.9. The van der Waals surface area contributed by atoms with Crippen LogP contribution < -0.4 is 0 Å². The zero-order valence-corrected chi connectivity index (χ0v) is 14.4. The normalized spacial score (nSPS) is 27.7. The molecule has 2 heterocycles. The highest BCUT2D eigenvalue weighted by molar-refractivity contribution is 9.11. The van der Waals surface area contributed by atoms with Crippen LogP contribution in [-0.4, -0.2) is 37.9 Å². The molecule has 7 heteroatoms. The van der Waals surface area contributed by atoms with Gasteiger partial charge >= 0.3 is 5.97 Å². The lowest BCUT2D eigenvalue weighted by Crippen LogP contribution is -2.44. The second-order valence-electron chi connectivity index (χ2n) is 5.61. The molecule has 1 aromatic rings. The second-order valence-corrected chi connectivity index (χ2v) is 7.96. The lowest BCUT2D eigenvalue weighted by Gasteiger charge is -2.30. The average Bonchev–Trinajstić information content (AvgIpc) is 2.86. The maximum Gasteiger partial charge on any atom is 0.306 e. The molecule has 118 valence electrons. The molecule has 0 spiro atoms. The Kier molecular flexibility index (Phi) is 4.13. The highest BCUT2D eigenvalue weighted by Gasteiger charge is 2.47. The third-order valence-corrected chi connectivity index (χ3v) is 6.69. The van der Waals surface area contributed by atoms with E-state index in [2.05, 4.69) is 15.9 Å². The maximum absolute atomic E-state index is 12.9. The van der Waals surface area contributed by atoms with Crippen molar-refractivity contribution in [2.24, 2.45) is 5.92 Å². The molecule has 2 aliphatic heterocycles. The van der Waals surface area contributed by atoms with Crippen molar-refractivity contribution in [3.63, 3.8) is 0 Å². The van der Waals surface area contributed by atoms with Crippen molar-refractivity contribution in [1.82, 2.24) is 4.31 Å². The number of esters is 1. The lowest BCUT2D eigenvalue weighted by atomic mass is 9.92. The Morgan fingerprint density at radius 1 is 1.32 bits per heavy atom. The minimum Gasteiger partial charge on any atom is -0.464 e. The van der Waals surface area contributed by atoms with E-state index in [1.165, 1.54) is 4.31 Å². The van der Waals surface area contributed by atoms with Gasteiger partial charge in [-0.2, -0.15) is 4.31 Å². The van der Waals surface area contributed by atoms with Crippen LogP contribution in [-0.2, 0) is 19.6 Å². The number of hydrogen-bond acceptors (Lipinski definition) is 4. The van der Waals surface area contributed by atoms with E-state index in [-0.39, 0.29) is 42.4 Å². The summed E-state index contributed by atoms with van der Waals surface area (Å²) in [6, 6.07) is 6.47. The van der Waals surface area contributed by atoms with E-state index < -0.39 is 10.0 Å². The van der Waals surface area contributed by atoms with Crippen LogP contribution in [0.2, 0.25) is 0 Å². The summed E-state index contributed by atoms with van der Waals surface area (Å²) in [4.78, 5) is 13.5. The van der Waals surface area contributed by atoms with Gasteiger partial charge in [-0.05, 0) is 29.6 Å². The summed E-state index contributed by atoms with van der Waals surface area (Å²) in [5, 5.41) is 0. The Morgan fingerprint density at radius 2 is 2.00 bits per heavy atom. The minimum atomic E-state index is -3.61. The summed E-state index contributed by atoms with van der Waals surface area (Å²) in [5.74, 6) is -0.386. The smallest absolute Gasteiger partial charge is 0.306 e. The topological polar surface area (TPSA) is 63.7 Å². The number of fused-ring (bicyclic) bond motifs is 1. The summed E-state index contributed by atoms with van der Waals surface area (Å²) in [6.07, 6.45) is 0.224. The molecular weight excluding hydrogens is 370 g/mol. The number of carbonyl (C=O) groups is 1. The van der Waals surface area contributed by atoms with Gasteiger partial charge in [-0.25, -0.2) is 8.42 Å². The third-order valence-electron chi connectivity index (χ3n) is 4.22. The van der Waals surface area contributed by atoms with Crippen LogP contribution in [0.15, 0.2) is 39.7 Å². The number of rotatable bonds is 2. The van der Waals surface area contributed by atoms with E-state index in [1.807, 2.05) is 6.92 Å². The molecule has 0 radical (unpaired) electrons. The van der Waals surface area contributed by atoms with Crippen LogP contribution >= 0.6 is 15.9 Å². The van der Waals surface area contributed by atoms with Gasteiger partial charge in [0.25, 0.3) is 0 Å². The first-order valence-electron chi connectivity index (χ1n) is 6.97. The molecule has 0 N–H and O–H groups in total. The van der Waals surface area contributed by atoms with Gasteiger partial charge in [0.15, 0.2) is 0 Å². The van der Waals surface area contributed by atoms with Crippen molar-refractivity contribution in [2.75, 3.05) is 13.2 Å². The van der Waals surface area contributed by atoms with Gasteiger partial charge in [0.05, 0.1) is 17.4 Å². The van der Waals surface area contributed by atoms with Crippen molar-refractivity contribution in [3.05, 3.63) is 40.4 Å². The monoisotopic (exact) mass is 385 g/mol. The lowest BCUT2D eigenvalue weighted by molar-refractivity contribution is -0.150. The van der Waals surface area contributed by atoms with E-state index in [9.17, 15) is 13.2 Å². The number of sulfonamides is 1. The highest BCUT2D eigenvalue weighted by atomic mass is 79.9.